The molecule has 0 aromatic carbocycles. The highest BCUT2D eigenvalue weighted by atomic mass is 32.1. The molecule has 1 atom stereocenters. The van der Waals surface area contributed by atoms with Gasteiger partial charge in [-0.15, -0.1) is 11.3 Å². The van der Waals surface area contributed by atoms with Gasteiger partial charge >= 0.3 is 5.97 Å². The van der Waals surface area contributed by atoms with Crippen molar-refractivity contribution in [1.82, 2.24) is 9.97 Å². The summed E-state index contributed by atoms with van der Waals surface area (Å²) in [5, 5.41) is 22.7. The minimum Gasteiger partial charge on any atom is -0.476 e. The molecule has 96 valence electrons. The lowest BCUT2D eigenvalue weighted by molar-refractivity contribution is 0.0691. The Balaban J connectivity index is 2.09. The van der Waals surface area contributed by atoms with Crippen LogP contribution in [0.2, 0.25) is 0 Å². The van der Waals surface area contributed by atoms with Crippen LogP contribution in [0.3, 0.4) is 0 Å². The molecular formula is C12H10N4O2S. The van der Waals surface area contributed by atoms with Crippen molar-refractivity contribution in [3.8, 4) is 6.07 Å². The zero-order chi connectivity index (χ0) is 13.8. The first-order valence-electron chi connectivity index (χ1n) is 5.41. The van der Waals surface area contributed by atoms with Gasteiger partial charge in [-0.1, -0.05) is 0 Å². The van der Waals surface area contributed by atoms with Gasteiger partial charge < -0.3 is 10.4 Å². The molecule has 2 N–H and O–H groups in total. The number of carboxylic acid groups (broad SMARTS) is 1. The summed E-state index contributed by atoms with van der Waals surface area (Å²) in [4.78, 5) is 18.8. The second-order valence-electron chi connectivity index (χ2n) is 3.79. The van der Waals surface area contributed by atoms with Gasteiger partial charge in [0.05, 0.1) is 11.6 Å². The predicted molar refractivity (Wildman–Crippen MR) is 70.1 cm³/mol. The minimum absolute atomic E-state index is 0.0430. The number of hydrogen-bond acceptors (Lipinski definition) is 6. The van der Waals surface area contributed by atoms with E-state index in [1.165, 1.54) is 22.9 Å². The molecule has 0 amide bonds. The lowest BCUT2D eigenvalue weighted by Gasteiger charge is -2.11. The van der Waals surface area contributed by atoms with Crippen LogP contribution >= 0.6 is 11.3 Å². The highest BCUT2D eigenvalue weighted by molar-refractivity contribution is 7.09. The first-order valence-corrected chi connectivity index (χ1v) is 6.29. The summed E-state index contributed by atoms with van der Waals surface area (Å²) < 4.78 is 0. The third kappa shape index (κ3) is 3.05. The molecule has 0 fully saturated rings. The van der Waals surface area contributed by atoms with Crippen LogP contribution < -0.4 is 5.32 Å². The Labute approximate surface area is 113 Å². The first-order chi connectivity index (χ1) is 9.10. The van der Waals surface area contributed by atoms with Crippen LogP contribution in [0.25, 0.3) is 0 Å². The van der Waals surface area contributed by atoms with Gasteiger partial charge in [0, 0.05) is 11.6 Å². The fraction of sp³-hybridized carbons (Fsp3) is 0.167. The van der Waals surface area contributed by atoms with Crippen molar-refractivity contribution in [2.24, 2.45) is 0 Å². The van der Waals surface area contributed by atoms with Gasteiger partial charge in [-0.05, 0) is 19.1 Å². The predicted octanol–water partition coefficient (Wildman–Crippen LogP) is 2.28. The summed E-state index contributed by atoms with van der Waals surface area (Å²) in [6.07, 6.45) is 1.47. The molecule has 2 rings (SSSR count). The SMILES string of the molecule is CC(Nc1ccc(C#N)cn1)c1nc(C(=O)O)cs1. The molecule has 2 aromatic heterocycles. The van der Waals surface area contributed by atoms with E-state index in [-0.39, 0.29) is 11.7 Å². The second kappa shape index (κ2) is 5.46. The standard InChI is InChI=1S/C12H10N4O2S/c1-7(11-16-9(6-19-11)12(17)18)15-10-3-2-8(4-13)5-14-10/h2-3,5-7H,1H3,(H,14,15)(H,17,18). The van der Waals surface area contributed by atoms with Crippen LogP contribution in [0.1, 0.15) is 34.0 Å². The van der Waals surface area contributed by atoms with Gasteiger partial charge in [-0.25, -0.2) is 14.8 Å². The van der Waals surface area contributed by atoms with Crippen LogP contribution in [0.15, 0.2) is 23.7 Å². The van der Waals surface area contributed by atoms with Crippen LogP contribution in [0.5, 0.6) is 0 Å². The van der Waals surface area contributed by atoms with Crippen molar-refractivity contribution < 1.29 is 9.90 Å². The van der Waals surface area contributed by atoms with E-state index in [1.54, 1.807) is 12.1 Å². The van der Waals surface area contributed by atoms with Gasteiger partial charge in [0.25, 0.3) is 0 Å². The highest BCUT2D eigenvalue weighted by Gasteiger charge is 2.14. The fourth-order valence-electron chi connectivity index (χ4n) is 1.41. The maximum Gasteiger partial charge on any atom is 0.355 e. The highest BCUT2D eigenvalue weighted by Crippen LogP contribution is 2.21. The summed E-state index contributed by atoms with van der Waals surface area (Å²) >= 11 is 1.28. The Kier molecular flexibility index (Phi) is 3.73. The van der Waals surface area contributed by atoms with Gasteiger partial charge in [0.2, 0.25) is 0 Å². The lowest BCUT2D eigenvalue weighted by atomic mass is 10.3. The number of pyridine rings is 1. The van der Waals surface area contributed by atoms with Crippen LogP contribution in [0.4, 0.5) is 5.82 Å². The Bertz CT molecular complexity index is 630. The normalized spacial score (nSPS) is 11.6. The fourth-order valence-corrected chi connectivity index (χ4v) is 2.21. The molecule has 0 aliphatic heterocycles. The number of rotatable bonds is 4. The van der Waals surface area contributed by atoms with Gasteiger partial charge in [0.15, 0.2) is 5.69 Å². The third-order valence-corrected chi connectivity index (χ3v) is 3.40. The average Bonchev–Trinajstić information content (AvgIpc) is 2.89. The Morgan fingerprint density at radius 3 is 2.89 bits per heavy atom. The van der Waals surface area contributed by atoms with Gasteiger partial charge in [-0.2, -0.15) is 5.26 Å². The van der Waals surface area contributed by atoms with Crippen molar-refractivity contribution in [1.29, 1.82) is 5.26 Å². The van der Waals surface area contributed by atoms with Gasteiger partial charge in [0.1, 0.15) is 16.9 Å². The van der Waals surface area contributed by atoms with Crippen LogP contribution in [-0.4, -0.2) is 21.0 Å². The quantitative estimate of drug-likeness (QED) is 0.887. The van der Waals surface area contributed by atoms with E-state index in [0.29, 0.717) is 16.4 Å². The second-order valence-corrected chi connectivity index (χ2v) is 4.68. The van der Waals surface area contributed by atoms with Crippen molar-refractivity contribution in [3.63, 3.8) is 0 Å². The third-order valence-electron chi connectivity index (χ3n) is 2.37. The minimum atomic E-state index is -1.04. The monoisotopic (exact) mass is 274 g/mol. The number of thiazole rings is 1. The maximum absolute atomic E-state index is 10.7. The van der Waals surface area contributed by atoms with Crippen molar-refractivity contribution in [3.05, 3.63) is 40.0 Å². The van der Waals surface area contributed by atoms with Crippen molar-refractivity contribution in [2.45, 2.75) is 13.0 Å². The number of carboxylic acids is 1. The molecule has 0 aliphatic carbocycles. The summed E-state index contributed by atoms with van der Waals surface area (Å²) in [6.45, 7) is 1.87. The molecular weight excluding hydrogens is 264 g/mol. The number of aromatic carboxylic acids is 1. The molecule has 6 nitrogen and oxygen atoms in total. The van der Waals surface area contributed by atoms with E-state index >= 15 is 0 Å². The smallest absolute Gasteiger partial charge is 0.355 e. The van der Waals surface area contributed by atoms with E-state index in [0.717, 1.165) is 0 Å². The molecule has 0 saturated carbocycles. The van der Waals surface area contributed by atoms with E-state index in [1.807, 2.05) is 13.0 Å². The lowest BCUT2D eigenvalue weighted by Crippen LogP contribution is -2.08. The maximum atomic E-state index is 10.7. The van der Waals surface area contributed by atoms with Crippen LogP contribution in [-0.2, 0) is 0 Å². The Morgan fingerprint density at radius 2 is 2.37 bits per heavy atom. The largest absolute Gasteiger partial charge is 0.476 e. The number of carbonyl (C=O) groups is 1. The number of aromatic nitrogens is 2. The van der Waals surface area contributed by atoms with E-state index < -0.39 is 5.97 Å². The molecule has 0 saturated heterocycles. The average molecular weight is 274 g/mol. The van der Waals surface area contributed by atoms with E-state index in [2.05, 4.69) is 15.3 Å². The zero-order valence-electron chi connectivity index (χ0n) is 9.99. The molecule has 0 radical (unpaired) electrons. The number of nitrogens with zero attached hydrogens (tertiary/aromatic N) is 3. The molecule has 0 aliphatic rings. The number of nitriles is 1. The number of anilines is 1. The Morgan fingerprint density at radius 1 is 1.58 bits per heavy atom. The molecule has 7 heteroatoms. The van der Waals surface area contributed by atoms with Crippen molar-refractivity contribution >= 4 is 23.1 Å². The molecule has 2 heterocycles. The summed E-state index contributed by atoms with van der Waals surface area (Å²) in [5.74, 6) is -0.426. The molecule has 0 bridgehead atoms. The number of hydrogen-bond donors (Lipinski definition) is 2. The topological polar surface area (TPSA) is 98.9 Å². The van der Waals surface area contributed by atoms with E-state index in [9.17, 15) is 4.79 Å². The molecule has 1 unspecified atom stereocenters. The molecule has 19 heavy (non-hydrogen) atoms. The van der Waals surface area contributed by atoms with Gasteiger partial charge in [-0.3, -0.25) is 0 Å². The number of nitrogens with one attached hydrogen (secondary N) is 1. The summed E-state index contributed by atoms with van der Waals surface area (Å²) in [7, 11) is 0. The zero-order valence-corrected chi connectivity index (χ0v) is 10.8. The molecule has 2 aromatic rings. The molecule has 0 spiro atoms. The summed E-state index contributed by atoms with van der Waals surface area (Å²) in [6, 6.07) is 5.19. The summed E-state index contributed by atoms with van der Waals surface area (Å²) in [5.41, 5.74) is 0.530. The van der Waals surface area contributed by atoms with Crippen molar-refractivity contribution in [2.75, 3.05) is 5.32 Å². The van der Waals surface area contributed by atoms with E-state index in [4.69, 9.17) is 10.4 Å². The first kappa shape index (κ1) is 13.0. The Hall–Kier alpha value is -2.46. The van der Waals surface area contributed by atoms with Crippen LogP contribution in [0, 0.1) is 11.3 Å².